The number of hydrogen-bond acceptors (Lipinski definition) is 9. The van der Waals surface area contributed by atoms with Crippen LogP contribution in [0.15, 0.2) is 42.9 Å². The average molecular weight is 508 g/mol. The highest BCUT2D eigenvalue weighted by Crippen LogP contribution is 2.37. The number of aromatic amines is 1. The van der Waals surface area contributed by atoms with Crippen molar-refractivity contribution in [3.05, 3.63) is 48.4 Å². The minimum Gasteiger partial charge on any atom is -0.494 e. The fourth-order valence-corrected chi connectivity index (χ4v) is 4.35. The van der Waals surface area contributed by atoms with Crippen LogP contribution in [0.5, 0.6) is 5.75 Å². The Morgan fingerprint density at radius 2 is 1.92 bits per heavy atom. The summed E-state index contributed by atoms with van der Waals surface area (Å²) in [6.07, 6.45) is 3.35. The zero-order valence-corrected chi connectivity index (χ0v) is 22.3. The smallest absolute Gasteiger partial charge is 0.227 e. The summed E-state index contributed by atoms with van der Waals surface area (Å²) < 4.78 is 7.36. The van der Waals surface area contributed by atoms with E-state index in [0.29, 0.717) is 29.7 Å². The van der Waals surface area contributed by atoms with Crippen LogP contribution in [0, 0.1) is 0 Å². The zero-order chi connectivity index (χ0) is 26.7. The molecular formula is C26H37N9O2. The van der Waals surface area contributed by atoms with E-state index in [9.17, 15) is 5.11 Å². The fraction of sp³-hybridized carbons (Fsp3) is 0.385. The first-order chi connectivity index (χ1) is 17.6. The second kappa shape index (κ2) is 10.6. The Morgan fingerprint density at radius 3 is 2.62 bits per heavy atom. The molecule has 0 spiro atoms. The van der Waals surface area contributed by atoms with Gasteiger partial charge in [0.25, 0.3) is 0 Å². The number of methoxy groups -OCH3 is 1. The molecule has 11 nitrogen and oxygen atoms in total. The Morgan fingerprint density at radius 1 is 1.14 bits per heavy atom. The molecule has 0 aliphatic heterocycles. The van der Waals surface area contributed by atoms with Gasteiger partial charge in [0.1, 0.15) is 18.7 Å². The van der Waals surface area contributed by atoms with Crippen LogP contribution in [-0.4, -0.2) is 71.1 Å². The molecule has 0 radical (unpaired) electrons. The highest BCUT2D eigenvalue weighted by atomic mass is 16.5. The van der Waals surface area contributed by atoms with E-state index < -0.39 is 5.60 Å². The van der Waals surface area contributed by atoms with E-state index in [2.05, 4.69) is 35.5 Å². The maximum Gasteiger partial charge on any atom is 0.227 e. The number of fused-ring (bicyclic) bond motifs is 1. The number of nitrogen functional groups attached to an aromatic ring is 1. The number of nitrogens with zero attached hydrogens (tertiary/aromatic N) is 5. The number of nitrogens with two attached hydrogens (primary N) is 1. The average Bonchev–Trinajstić information content (AvgIpc) is 3.49. The van der Waals surface area contributed by atoms with Crippen LogP contribution < -0.4 is 26.0 Å². The largest absolute Gasteiger partial charge is 0.494 e. The van der Waals surface area contributed by atoms with Gasteiger partial charge in [0.05, 0.1) is 29.8 Å². The maximum atomic E-state index is 10.9. The first-order valence-electron chi connectivity index (χ1n) is 12.1. The van der Waals surface area contributed by atoms with Gasteiger partial charge in [0.15, 0.2) is 0 Å². The molecule has 6 N–H and O–H groups in total. The van der Waals surface area contributed by atoms with Crippen LogP contribution in [0.4, 0.5) is 28.7 Å². The van der Waals surface area contributed by atoms with E-state index >= 15 is 0 Å². The topological polar surface area (TPSA) is 133 Å². The van der Waals surface area contributed by atoms with Crippen LogP contribution in [0.25, 0.3) is 10.9 Å². The van der Waals surface area contributed by atoms with Gasteiger partial charge in [-0.3, -0.25) is 0 Å². The molecule has 11 heteroatoms. The molecule has 0 aliphatic rings. The number of hydrogen-bond donors (Lipinski definition) is 5. The molecule has 0 amide bonds. The Hall–Kier alpha value is -3.96. The van der Waals surface area contributed by atoms with E-state index in [1.54, 1.807) is 25.6 Å². The zero-order valence-electron chi connectivity index (χ0n) is 22.3. The van der Waals surface area contributed by atoms with E-state index in [-0.39, 0.29) is 0 Å². The van der Waals surface area contributed by atoms with Gasteiger partial charge in [-0.25, -0.2) is 4.68 Å². The summed E-state index contributed by atoms with van der Waals surface area (Å²) >= 11 is 0. The third-order valence-electron chi connectivity index (χ3n) is 6.27. The summed E-state index contributed by atoms with van der Waals surface area (Å²) in [6, 6.07) is 9.67. The van der Waals surface area contributed by atoms with Gasteiger partial charge < -0.3 is 41.0 Å². The summed E-state index contributed by atoms with van der Waals surface area (Å²) in [5, 5.41) is 22.9. The number of ether oxygens (including phenoxy) is 1. The second-order valence-corrected chi connectivity index (χ2v) is 9.87. The highest BCUT2D eigenvalue weighted by Gasteiger charge is 2.24. The predicted molar refractivity (Wildman–Crippen MR) is 150 cm³/mol. The van der Waals surface area contributed by atoms with Crippen molar-refractivity contribution in [1.29, 1.82) is 0 Å². The Kier molecular flexibility index (Phi) is 7.46. The maximum absolute atomic E-state index is 10.9. The van der Waals surface area contributed by atoms with E-state index in [1.807, 2.05) is 57.7 Å². The second-order valence-electron chi connectivity index (χ2n) is 9.87. The molecule has 198 valence electrons. The van der Waals surface area contributed by atoms with Crippen LogP contribution >= 0.6 is 0 Å². The van der Waals surface area contributed by atoms with Crippen molar-refractivity contribution in [2.75, 3.05) is 62.6 Å². The van der Waals surface area contributed by atoms with E-state index in [0.717, 1.165) is 40.9 Å². The third-order valence-corrected chi connectivity index (χ3v) is 6.27. The molecule has 0 unspecified atom stereocenters. The minimum atomic E-state index is -1.04. The number of aliphatic hydroxyl groups is 1. The molecule has 4 rings (SSSR count). The molecule has 0 atom stereocenters. The lowest BCUT2D eigenvalue weighted by Crippen LogP contribution is -2.29. The van der Waals surface area contributed by atoms with Gasteiger partial charge in [0, 0.05) is 54.6 Å². The first kappa shape index (κ1) is 26.1. The lowest BCUT2D eigenvalue weighted by molar-refractivity contribution is 0.0808. The lowest BCUT2D eigenvalue weighted by atomic mass is 9.93. The van der Waals surface area contributed by atoms with Gasteiger partial charge in [-0.2, -0.15) is 10.1 Å². The van der Waals surface area contributed by atoms with Crippen molar-refractivity contribution >= 4 is 39.6 Å². The minimum absolute atomic E-state index is 0.324. The first-order valence-corrected chi connectivity index (χ1v) is 12.1. The van der Waals surface area contributed by atoms with Gasteiger partial charge in [0.2, 0.25) is 5.95 Å². The van der Waals surface area contributed by atoms with Crippen LogP contribution in [-0.2, 0) is 12.3 Å². The number of likely N-dealkylation sites (N-methyl/N-ethyl adjacent to an activating group) is 2. The Balaban J connectivity index is 1.55. The lowest BCUT2D eigenvalue weighted by Gasteiger charge is -2.25. The van der Waals surface area contributed by atoms with Crippen molar-refractivity contribution in [2.45, 2.75) is 26.1 Å². The van der Waals surface area contributed by atoms with Gasteiger partial charge >= 0.3 is 0 Å². The molecule has 2 aromatic heterocycles. The quantitative estimate of drug-likeness (QED) is 0.194. The number of benzene rings is 2. The Bertz CT molecular complexity index is 1350. The molecule has 0 saturated heterocycles. The normalized spacial score (nSPS) is 11.8. The highest BCUT2D eigenvalue weighted by molar-refractivity contribution is 5.89. The molecule has 2 aromatic carbocycles. The number of rotatable bonds is 11. The standard InChI is InChI=1S/C26H37N9O2/c1-26(2,36)24-17-9-10-28-19(17)7-8-20(24)30-16-35-25(29-15-31-35)32-21-13-18(27)22(14-23(21)37-6)34(5)12-11-33(3)4/h7-10,13-15,28,30,36H,11-12,16,27H2,1-6H3,(H,29,31,32). The summed E-state index contributed by atoms with van der Waals surface area (Å²) in [6.45, 7) is 5.61. The van der Waals surface area contributed by atoms with Gasteiger partial charge in [-0.1, -0.05) is 0 Å². The molecule has 0 aliphatic carbocycles. The van der Waals surface area contributed by atoms with Crippen LogP contribution in [0.1, 0.15) is 19.4 Å². The van der Waals surface area contributed by atoms with Crippen LogP contribution in [0.2, 0.25) is 0 Å². The summed E-state index contributed by atoms with van der Waals surface area (Å²) in [5.74, 6) is 1.16. The number of H-pyrrole nitrogens is 1. The third kappa shape index (κ3) is 5.73. The Labute approximate surface area is 217 Å². The van der Waals surface area contributed by atoms with Crippen molar-refractivity contribution in [2.24, 2.45) is 0 Å². The van der Waals surface area contributed by atoms with Gasteiger partial charge in [-0.05, 0) is 52.2 Å². The summed E-state index contributed by atoms with van der Waals surface area (Å²) in [5.41, 5.74) is 10.2. The van der Waals surface area contributed by atoms with E-state index in [4.69, 9.17) is 10.5 Å². The van der Waals surface area contributed by atoms with Crippen molar-refractivity contribution in [1.82, 2.24) is 24.6 Å². The number of aromatic nitrogens is 4. The van der Waals surface area contributed by atoms with Crippen molar-refractivity contribution < 1.29 is 9.84 Å². The SMILES string of the molecule is COc1cc(N(C)CCN(C)C)c(N)cc1Nc1ncnn1CNc1ccc2[nH]ccc2c1C(C)(C)O. The molecule has 4 aromatic rings. The van der Waals surface area contributed by atoms with Crippen LogP contribution in [0.3, 0.4) is 0 Å². The molecule has 2 heterocycles. The molecular weight excluding hydrogens is 470 g/mol. The molecule has 0 fully saturated rings. The summed E-state index contributed by atoms with van der Waals surface area (Å²) in [4.78, 5) is 11.8. The molecule has 37 heavy (non-hydrogen) atoms. The fourth-order valence-electron chi connectivity index (χ4n) is 4.35. The van der Waals surface area contributed by atoms with Gasteiger partial charge in [-0.15, -0.1) is 0 Å². The monoisotopic (exact) mass is 507 g/mol. The molecule has 0 bridgehead atoms. The summed E-state index contributed by atoms with van der Waals surface area (Å²) in [7, 11) is 7.72. The van der Waals surface area contributed by atoms with E-state index in [1.165, 1.54) is 6.33 Å². The van der Waals surface area contributed by atoms with Crippen molar-refractivity contribution in [3.8, 4) is 5.75 Å². The number of nitrogens with one attached hydrogen (secondary N) is 3. The molecule has 0 saturated carbocycles. The number of anilines is 5. The predicted octanol–water partition coefficient (Wildman–Crippen LogP) is 3.39. The van der Waals surface area contributed by atoms with Crippen molar-refractivity contribution in [3.63, 3.8) is 0 Å².